The summed E-state index contributed by atoms with van der Waals surface area (Å²) in [5.74, 6) is -1.01. The fourth-order valence-corrected chi connectivity index (χ4v) is 4.60. The predicted molar refractivity (Wildman–Crippen MR) is 129 cm³/mol. The van der Waals surface area contributed by atoms with Crippen LogP contribution in [0.4, 0.5) is 0 Å². The Morgan fingerprint density at radius 1 is 1.03 bits per heavy atom. The lowest BCUT2D eigenvalue weighted by atomic mass is 9.86. The van der Waals surface area contributed by atoms with Gasteiger partial charge in [-0.25, -0.2) is 0 Å². The third kappa shape index (κ3) is 4.58. The Bertz CT molecular complexity index is 1270. The topological polar surface area (TPSA) is 95.3 Å². The van der Waals surface area contributed by atoms with Gasteiger partial charge in [0.1, 0.15) is 30.6 Å². The summed E-state index contributed by atoms with van der Waals surface area (Å²) in [6.45, 7) is 3.49. The number of rotatable bonds is 9. The molecule has 8 heteroatoms. The van der Waals surface area contributed by atoms with Crippen LogP contribution in [-0.4, -0.2) is 42.2 Å². The molecule has 3 aromatic rings. The van der Waals surface area contributed by atoms with Crippen LogP contribution >= 0.6 is 0 Å². The Kier molecular flexibility index (Phi) is 6.75. The third-order valence-corrected chi connectivity index (χ3v) is 6.39. The van der Waals surface area contributed by atoms with E-state index in [1.54, 1.807) is 42.5 Å². The van der Waals surface area contributed by atoms with Gasteiger partial charge in [-0.3, -0.25) is 14.4 Å². The lowest BCUT2D eigenvalue weighted by molar-refractivity contribution is -0.141. The molecule has 2 unspecified atom stereocenters. The number of amides is 1. The summed E-state index contributed by atoms with van der Waals surface area (Å²) in [4.78, 5) is 41.7. The molecule has 0 bridgehead atoms. The number of likely N-dealkylation sites (tertiary alicyclic amines) is 1. The first-order valence-corrected chi connectivity index (χ1v) is 12.1. The first kappa shape index (κ1) is 23.7. The fourth-order valence-electron chi connectivity index (χ4n) is 4.60. The van der Waals surface area contributed by atoms with Crippen molar-refractivity contribution in [3.8, 4) is 17.2 Å². The number of ketones is 2. The first-order chi connectivity index (χ1) is 17.6. The summed E-state index contributed by atoms with van der Waals surface area (Å²) in [6, 6.07) is 14.7. The molecule has 3 heterocycles. The molecule has 1 amide bonds. The van der Waals surface area contributed by atoms with Gasteiger partial charge in [-0.05, 0) is 54.4 Å². The van der Waals surface area contributed by atoms with Gasteiger partial charge in [0.05, 0.1) is 25.5 Å². The molecule has 1 fully saturated rings. The van der Waals surface area contributed by atoms with Crippen molar-refractivity contribution >= 4 is 17.5 Å². The van der Waals surface area contributed by atoms with Gasteiger partial charge in [0, 0.05) is 5.56 Å². The summed E-state index contributed by atoms with van der Waals surface area (Å²) in [5.41, 5.74) is 0.927. The van der Waals surface area contributed by atoms with Crippen molar-refractivity contribution < 1.29 is 33.0 Å². The molecule has 5 rings (SSSR count). The van der Waals surface area contributed by atoms with E-state index in [1.165, 1.54) is 11.2 Å². The van der Waals surface area contributed by atoms with Gasteiger partial charge < -0.3 is 23.5 Å². The van der Waals surface area contributed by atoms with E-state index in [2.05, 4.69) is 6.92 Å². The van der Waals surface area contributed by atoms with Crippen molar-refractivity contribution in [1.29, 1.82) is 0 Å². The van der Waals surface area contributed by atoms with E-state index in [-0.39, 0.29) is 12.1 Å². The Labute approximate surface area is 208 Å². The zero-order valence-electron chi connectivity index (χ0n) is 20.0. The number of hydrogen-bond donors (Lipinski definition) is 0. The van der Waals surface area contributed by atoms with E-state index in [1.807, 2.05) is 12.1 Å². The number of nitrogens with zero attached hydrogens (tertiary/aromatic N) is 1. The normalized spacial score (nSPS) is 19.0. The van der Waals surface area contributed by atoms with Crippen LogP contribution in [0.25, 0.3) is 0 Å². The van der Waals surface area contributed by atoms with Crippen LogP contribution in [0.1, 0.15) is 47.5 Å². The third-order valence-electron chi connectivity index (χ3n) is 6.39. The summed E-state index contributed by atoms with van der Waals surface area (Å²) in [5, 5.41) is 0. The van der Waals surface area contributed by atoms with Gasteiger partial charge >= 0.3 is 0 Å². The molecular formula is C28H27NO7. The first-order valence-electron chi connectivity index (χ1n) is 12.1. The standard InChI is InChI=1S/C28H27NO7/c1-2-3-11-33-20-7-4-6-18(15-20)25-24(27(31)28(32)29(25)17-21-8-5-12-34-21)26(30)19-9-10-22-23(16-19)36-14-13-35-22/h4-10,12,15-16,24-25H,2-3,11,13-14,17H2,1H3. The average Bonchev–Trinajstić information content (AvgIpc) is 3.51. The maximum absolute atomic E-state index is 13.8. The van der Waals surface area contributed by atoms with Crippen LogP contribution in [0.15, 0.2) is 65.3 Å². The van der Waals surface area contributed by atoms with Gasteiger partial charge in [-0.15, -0.1) is 0 Å². The van der Waals surface area contributed by atoms with Crippen molar-refractivity contribution in [1.82, 2.24) is 4.90 Å². The highest BCUT2D eigenvalue weighted by Crippen LogP contribution is 2.41. The Hall–Kier alpha value is -4.07. The molecule has 8 nitrogen and oxygen atoms in total. The van der Waals surface area contributed by atoms with Crippen LogP contribution in [0.2, 0.25) is 0 Å². The molecule has 2 aliphatic heterocycles. The van der Waals surface area contributed by atoms with Crippen LogP contribution in [0.3, 0.4) is 0 Å². The molecule has 0 radical (unpaired) electrons. The Balaban J connectivity index is 1.52. The second-order valence-corrected chi connectivity index (χ2v) is 8.80. The summed E-state index contributed by atoms with van der Waals surface area (Å²) in [7, 11) is 0. The van der Waals surface area contributed by atoms with E-state index in [4.69, 9.17) is 18.6 Å². The number of benzene rings is 2. The zero-order valence-corrected chi connectivity index (χ0v) is 20.0. The number of Topliss-reactive ketones (excluding diaryl/α,β-unsaturated/α-hetero) is 2. The maximum atomic E-state index is 13.8. The molecule has 0 aliphatic carbocycles. The SMILES string of the molecule is CCCCOc1cccc(C2C(C(=O)c3ccc4c(c3)OCCO4)C(=O)C(=O)N2Cc2ccco2)c1. The molecule has 1 saturated heterocycles. The van der Waals surface area contributed by atoms with Crippen LogP contribution < -0.4 is 14.2 Å². The molecule has 0 N–H and O–H groups in total. The van der Waals surface area contributed by atoms with Gasteiger partial charge in [0.2, 0.25) is 5.78 Å². The van der Waals surface area contributed by atoms with E-state index in [0.717, 1.165) is 12.8 Å². The van der Waals surface area contributed by atoms with Crippen LogP contribution in [0.5, 0.6) is 17.2 Å². The molecule has 2 atom stereocenters. The zero-order chi connectivity index (χ0) is 25.1. The molecule has 2 aromatic carbocycles. The number of unbranched alkanes of at least 4 members (excludes halogenated alkanes) is 1. The maximum Gasteiger partial charge on any atom is 0.291 e. The smallest absolute Gasteiger partial charge is 0.291 e. The highest BCUT2D eigenvalue weighted by Gasteiger charge is 2.52. The van der Waals surface area contributed by atoms with E-state index < -0.39 is 29.4 Å². The number of hydrogen-bond acceptors (Lipinski definition) is 7. The molecule has 0 spiro atoms. The number of carbonyl (C=O) groups is 3. The minimum atomic E-state index is -1.22. The number of furan rings is 1. The van der Waals surface area contributed by atoms with Crippen molar-refractivity contribution in [3.05, 3.63) is 77.7 Å². The Morgan fingerprint density at radius 2 is 1.86 bits per heavy atom. The van der Waals surface area contributed by atoms with Crippen molar-refractivity contribution in [2.45, 2.75) is 32.4 Å². The summed E-state index contributed by atoms with van der Waals surface area (Å²) >= 11 is 0. The largest absolute Gasteiger partial charge is 0.494 e. The van der Waals surface area contributed by atoms with E-state index in [9.17, 15) is 14.4 Å². The van der Waals surface area contributed by atoms with E-state index >= 15 is 0 Å². The highest BCUT2D eigenvalue weighted by molar-refractivity contribution is 6.44. The average molecular weight is 490 g/mol. The number of fused-ring (bicyclic) bond motifs is 1. The van der Waals surface area contributed by atoms with Gasteiger partial charge in [-0.1, -0.05) is 25.5 Å². The van der Waals surface area contributed by atoms with Crippen molar-refractivity contribution in [3.63, 3.8) is 0 Å². The lowest BCUT2D eigenvalue weighted by Gasteiger charge is -2.27. The second-order valence-electron chi connectivity index (χ2n) is 8.80. The molecule has 2 aliphatic rings. The van der Waals surface area contributed by atoms with Gasteiger partial charge in [0.15, 0.2) is 17.3 Å². The molecule has 36 heavy (non-hydrogen) atoms. The van der Waals surface area contributed by atoms with Crippen LogP contribution in [-0.2, 0) is 16.1 Å². The van der Waals surface area contributed by atoms with E-state index in [0.29, 0.717) is 48.4 Å². The van der Waals surface area contributed by atoms with Crippen molar-refractivity contribution in [2.75, 3.05) is 19.8 Å². The number of ether oxygens (including phenoxy) is 3. The Morgan fingerprint density at radius 3 is 2.64 bits per heavy atom. The minimum absolute atomic E-state index is 0.0636. The van der Waals surface area contributed by atoms with Crippen LogP contribution in [0, 0.1) is 5.92 Å². The predicted octanol–water partition coefficient (Wildman–Crippen LogP) is 4.38. The summed E-state index contributed by atoms with van der Waals surface area (Å²) < 4.78 is 22.5. The number of carbonyl (C=O) groups excluding carboxylic acids is 3. The molecular weight excluding hydrogens is 462 g/mol. The monoisotopic (exact) mass is 489 g/mol. The minimum Gasteiger partial charge on any atom is -0.494 e. The highest BCUT2D eigenvalue weighted by atomic mass is 16.6. The van der Waals surface area contributed by atoms with Gasteiger partial charge in [-0.2, -0.15) is 0 Å². The lowest BCUT2D eigenvalue weighted by Crippen LogP contribution is -2.30. The molecule has 1 aromatic heterocycles. The molecule has 0 saturated carbocycles. The fraction of sp³-hybridized carbons (Fsp3) is 0.321. The van der Waals surface area contributed by atoms with Crippen molar-refractivity contribution in [2.24, 2.45) is 5.92 Å². The molecule has 186 valence electrons. The quantitative estimate of drug-likeness (QED) is 0.190. The van der Waals surface area contributed by atoms with Gasteiger partial charge in [0.25, 0.3) is 5.91 Å². The second kappa shape index (κ2) is 10.3. The summed E-state index contributed by atoms with van der Waals surface area (Å²) in [6.07, 6.45) is 3.40.